The molecule has 6 nitrogen and oxygen atoms in total. The van der Waals surface area contributed by atoms with Crippen LogP contribution >= 0.6 is 0 Å². The molecule has 0 atom stereocenters. The van der Waals surface area contributed by atoms with Crippen LogP contribution in [0, 0.1) is 0 Å². The number of nitrogens with zero attached hydrogens (tertiary/aromatic N) is 2. The van der Waals surface area contributed by atoms with Crippen LogP contribution in [0.25, 0.3) is 0 Å². The van der Waals surface area contributed by atoms with Crippen molar-refractivity contribution in [3.8, 4) is 0 Å². The van der Waals surface area contributed by atoms with Crippen LogP contribution in [0.15, 0.2) is 72.9 Å². The van der Waals surface area contributed by atoms with Crippen molar-refractivity contribution < 1.29 is 14.3 Å². The monoisotopic (exact) mass is 389 g/mol. The van der Waals surface area contributed by atoms with Gasteiger partial charge in [0.25, 0.3) is 5.91 Å². The number of hydrogen-bond acceptors (Lipinski definition) is 5. The Balaban J connectivity index is 1.65. The maximum atomic E-state index is 12.8. The van der Waals surface area contributed by atoms with Crippen LogP contribution in [0.5, 0.6) is 0 Å². The third kappa shape index (κ3) is 5.19. The van der Waals surface area contributed by atoms with Crippen molar-refractivity contribution in [2.75, 3.05) is 19.0 Å². The molecule has 1 amide bonds. The molecule has 0 aliphatic heterocycles. The molecule has 0 radical (unpaired) electrons. The largest absolute Gasteiger partial charge is 0.465 e. The molecule has 0 saturated heterocycles. The van der Waals surface area contributed by atoms with Crippen molar-refractivity contribution >= 4 is 23.3 Å². The lowest BCUT2D eigenvalue weighted by Crippen LogP contribution is -2.30. The summed E-state index contributed by atoms with van der Waals surface area (Å²) in [6, 6.07) is 20.3. The standard InChI is InChI=1S/C23H23N3O3/c1-3-26(16-17-7-5-4-6-8-17)22(27)21-14-13-20(15-24-21)25-19-11-9-18(10-12-19)23(28)29-2/h4-15,25H,3,16H2,1-2H3. The van der Waals surface area contributed by atoms with E-state index in [4.69, 9.17) is 4.74 Å². The lowest BCUT2D eigenvalue weighted by Gasteiger charge is -2.20. The van der Waals surface area contributed by atoms with E-state index in [0.717, 1.165) is 16.9 Å². The first-order chi connectivity index (χ1) is 14.1. The van der Waals surface area contributed by atoms with Crippen molar-refractivity contribution in [3.63, 3.8) is 0 Å². The molecule has 0 unspecified atom stereocenters. The van der Waals surface area contributed by atoms with Gasteiger partial charge in [0.1, 0.15) is 5.69 Å². The number of nitrogens with one attached hydrogen (secondary N) is 1. The SMILES string of the molecule is CCN(Cc1ccccc1)C(=O)c1ccc(Nc2ccc(C(=O)OC)cc2)cn1. The summed E-state index contributed by atoms with van der Waals surface area (Å²) < 4.78 is 4.69. The summed E-state index contributed by atoms with van der Waals surface area (Å²) in [6.45, 7) is 3.10. The van der Waals surface area contributed by atoms with Gasteiger partial charge in [-0.2, -0.15) is 0 Å². The number of esters is 1. The average Bonchev–Trinajstić information content (AvgIpc) is 2.78. The second-order valence-corrected chi connectivity index (χ2v) is 6.43. The fraction of sp³-hybridized carbons (Fsp3) is 0.174. The molecule has 148 valence electrons. The number of pyridine rings is 1. The van der Waals surface area contributed by atoms with Gasteiger partial charge in [0.05, 0.1) is 24.6 Å². The number of rotatable bonds is 7. The Morgan fingerprint density at radius 1 is 0.966 bits per heavy atom. The van der Waals surface area contributed by atoms with Crippen LogP contribution in [0.3, 0.4) is 0 Å². The van der Waals surface area contributed by atoms with E-state index in [1.807, 2.05) is 43.3 Å². The molecule has 0 spiro atoms. The predicted molar refractivity (Wildman–Crippen MR) is 112 cm³/mol. The quantitative estimate of drug-likeness (QED) is 0.611. The van der Waals surface area contributed by atoms with Crippen molar-refractivity contribution in [2.45, 2.75) is 13.5 Å². The first kappa shape index (κ1) is 20.1. The first-order valence-electron chi connectivity index (χ1n) is 9.35. The topological polar surface area (TPSA) is 71.5 Å². The lowest BCUT2D eigenvalue weighted by atomic mass is 10.2. The number of carbonyl (C=O) groups is 2. The van der Waals surface area contributed by atoms with E-state index < -0.39 is 0 Å². The summed E-state index contributed by atoms with van der Waals surface area (Å²) in [4.78, 5) is 30.3. The molecule has 0 fully saturated rings. The van der Waals surface area contributed by atoms with Crippen molar-refractivity contribution in [3.05, 3.63) is 89.7 Å². The van der Waals surface area contributed by atoms with Crippen LogP contribution < -0.4 is 5.32 Å². The smallest absolute Gasteiger partial charge is 0.337 e. The van der Waals surface area contributed by atoms with E-state index in [1.54, 1.807) is 41.4 Å². The Morgan fingerprint density at radius 2 is 1.66 bits per heavy atom. The lowest BCUT2D eigenvalue weighted by molar-refractivity contribution is 0.0600. The minimum Gasteiger partial charge on any atom is -0.465 e. The molecular formula is C23H23N3O3. The molecule has 0 aliphatic rings. The summed E-state index contributed by atoms with van der Waals surface area (Å²) in [7, 11) is 1.35. The van der Waals surface area contributed by atoms with Crippen LogP contribution in [-0.2, 0) is 11.3 Å². The summed E-state index contributed by atoms with van der Waals surface area (Å²) in [5.74, 6) is -0.484. The maximum Gasteiger partial charge on any atom is 0.337 e. The second-order valence-electron chi connectivity index (χ2n) is 6.43. The van der Waals surface area contributed by atoms with E-state index in [-0.39, 0.29) is 11.9 Å². The molecule has 1 N–H and O–H groups in total. The number of anilines is 2. The van der Waals surface area contributed by atoms with Crippen LogP contribution in [0.4, 0.5) is 11.4 Å². The normalized spacial score (nSPS) is 10.3. The van der Waals surface area contributed by atoms with Gasteiger partial charge in [-0.25, -0.2) is 9.78 Å². The van der Waals surface area contributed by atoms with Gasteiger partial charge < -0.3 is 15.0 Å². The molecule has 3 rings (SSSR count). The minimum absolute atomic E-state index is 0.106. The van der Waals surface area contributed by atoms with E-state index in [1.165, 1.54) is 7.11 Å². The number of ether oxygens (including phenoxy) is 1. The highest BCUT2D eigenvalue weighted by Crippen LogP contribution is 2.18. The maximum absolute atomic E-state index is 12.8. The summed E-state index contributed by atoms with van der Waals surface area (Å²) in [5.41, 5.74) is 3.51. The van der Waals surface area contributed by atoms with E-state index >= 15 is 0 Å². The Labute approximate surface area is 170 Å². The van der Waals surface area contributed by atoms with Crippen LogP contribution in [0.2, 0.25) is 0 Å². The second kappa shape index (κ2) is 9.50. The van der Waals surface area contributed by atoms with E-state index in [0.29, 0.717) is 24.3 Å². The van der Waals surface area contributed by atoms with Gasteiger partial charge in [-0.3, -0.25) is 4.79 Å². The highest BCUT2D eigenvalue weighted by Gasteiger charge is 2.16. The zero-order chi connectivity index (χ0) is 20.6. The van der Waals surface area contributed by atoms with Crippen molar-refractivity contribution in [1.82, 2.24) is 9.88 Å². The van der Waals surface area contributed by atoms with Gasteiger partial charge in [-0.1, -0.05) is 30.3 Å². The summed E-state index contributed by atoms with van der Waals surface area (Å²) >= 11 is 0. The Hall–Kier alpha value is -3.67. The summed E-state index contributed by atoms with van der Waals surface area (Å²) in [5, 5.41) is 3.20. The van der Waals surface area contributed by atoms with Gasteiger partial charge in [-0.05, 0) is 48.9 Å². The van der Waals surface area contributed by atoms with E-state index in [9.17, 15) is 9.59 Å². The molecule has 0 saturated carbocycles. The number of benzene rings is 2. The molecule has 0 aliphatic carbocycles. The molecule has 0 bridgehead atoms. The Bertz CT molecular complexity index is 955. The third-order valence-corrected chi connectivity index (χ3v) is 4.46. The number of amides is 1. The van der Waals surface area contributed by atoms with Gasteiger partial charge in [0.15, 0.2) is 0 Å². The van der Waals surface area contributed by atoms with E-state index in [2.05, 4.69) is 10.3 Å². The van der Waals surface area contributed by atoms with Gasteiger partial charge >= 0.3 is 5.97 Å². The predicted octanol–water partition coefficient (Wildman–Crippen LogP) is 4.27. The minimum atomic E-state index is -0.378. The fourth-order valence-electron chi connectivity index (χ4n) is 2.86. The molecule has 1 aromatic heterocycles. The third-order valence-electron chi connectivity index (χ3n) is 4.46. The number of hydrogen-bond donors (Lipinski definition) is 1. The highest BCUT2D eigenvalue weighted by atomic mass is 16.5. The highest BCUT2D eigenvalue weighted by molar-refractivity contribution is 5.92. The zero-order valence-electron chi connectivity index (χ0n) is 16.5. The van der Waals surface area contributed by atoms with Gasteiger partial charge in [-0.15, -0.1) is 0 Å². The molecule has 2 aromatic carbocycles. The average molecular weight is 389 g/mol. The fourth-order valence-corrected chi connectivity index (χ4v) is 2.86. The van der Waals surface area contributed by atoms with Crippen LogP contribution in [0.1, 0.15) is 33.3 Å². The number of aromatic nitrogens is 1. The number of methoxy groups -OCH3 is 1. The Kier molecular flexibility index (Phi) is 6.58. The van der Waals surface area contributed by atoms with Gasteiger partial charge in [0.2, 0.25) is 0 Å². The molecule has 1 heterocycles. The Morgan fingerprint density at radius 3 is 2.24 bits per heavy atom. The molecule has 29 heavy (non-hydrogen) atoms. The zero-order valence-corrected chi connectivity index (χ0v) is 16.5. The van der Waals surface area contributed by atoms with Crippen LogP contribution in [-0.4, -0.2) is 35.4 Å². The van der Waals surface area contributed by atoms with Crippen molar-refractivity contribution in [2.24, 2.45) is 0 Å². The summed E-state index contributed by atoms with van der Waals surface area (Å²) in [6.07, 6.45) is 1.62. The number of carbonyl (C=O) groups excluding carboxylic acids is 2. The molecular weight excluding hydrogens is 366 g/mol. The molecule has 6 heteroatoms. The van der Waals surface area contributed by atoms with Crippen molar-refractivity contribution in [1.29, 1.82) is 0 Å². The first-order valence-corrected chi connectivity index (χ1v) is 9.35. The van der Waals surface area contributed by atoms with Gasteiger partial charge in [0, 0.05) is 18.8 Å². The molecule has 3 aromatic rings.